The molecule has 1 nitrogen and oxygen atoms in total. The van der Waals surface area contributed by atoms with Crippen molar-refractivity contribution in [1.29, 1.82) is 0 Å². The highest BCUT2D eigenvalue weighted by Gasteiger charge is 2.32. The van der Waals surface area contributed by atoms with Crippen LogP contribution in [0.3, 0.4) is 0 Å². The molecule has 9 heteroatoms. The Morgan fingerprint density at radius 1 is 1.06 bits per heavy atom. The summed E-state index contributed by atoms with van der Waals surface area (Å²) in [5.41, 5.74) is -4.83. The molecular formula is C8H3F7OS. The van der Waals surface area contributed by atoms with Gasteiger partial charge in [-0.15, -0.1) is 0 Å². The lowest BCUT2D eigenvalue weighted by molar-refractivity contribution is -0.0530. The summed E-state index contributed by atoms with van der Waals surface area (Å²) >= 11 is -0.873. The molecule has 0 bridgehead atoms. The third-order valence-corrected chi connectivity index (χ3v) is 2.20. The van der Waals surface area contributed by atoms with E-state index in [1.165, 1.54) is 0 Å². The number of hydrogen-bond acceptors (Lipinski definition) is 2. The van der Waals surface area contributed by atoms with Gasteiger partial charge in [-0.25, -0.2) is 8.78 Å². The quantitative estimate of drug-likeness (QED) is 0.607. The van der Waals surface area contributed by atoms with Gasteiger partial charge >= 0.3 is 12.1 Å². The van der Waals surface area contributed by atoms with Crippen LogP contribution in [0.15, 0.2) is 17.0 Å². The van der Waals surface area contributed by atoms with Gasteiger partial charge in [0, 0.05) is 6.07 Å². The van der Waals surface area contributed by atoms with Crippen LogP contribution in [0.4, 0.5) is 30.7 Å². The summed E-state index contributed by atoms with van der Waals surface area (Å²) in [4.78, 5) is -0.975. The highest BCUT2D eigenvalue weighted by molar-refractivity contribution is 8.00. The third-order valence-electron chi connectivity index (χ3n) is 1.43. The fourth-order valence-corrected chi connectivity index (χ4v) is 1.52. The lowest BCUT2D eigenvalue weighted by atomic mass is 10.3. The first-order valence-electron chi connectivity index (χ1n) is 3.88. The minimum Gasteiger partial charge on any atom is -0.434 e. The van der Waals surface area contributed by atoms with Crippen molar-refractivity contribution in [1.82, 2.24) is 0 Å². The topological polar surface area (TPSA) is 9.23 Å². The molecule has 0 aliphatic carbocycles. The van der Waals surface area contributed by atoms with Gasteiger partial charge in [0.25, 0.3) is 0 Å². The number of benzene rings is 1. The molecule has 0 saturated heterocycles. The number of halogens is 7. The van der Waals surface area contributed by atoms with Crippen molar-refractivity contribution in [2.45, 2.75) is 17.0 Å². The van der Waals surface area contributed by atoms with E-state index in [0.29, 0.717) is 0 Å². The number of alkyl halides is 5. The number of hydrogen-bond donors (Lipinski definition) is 0. The smallest absolute Gasteiger partial charge is 0.434 e. The largest absolute Gasteiger partial charge is 0.446 e. The lowest BCUT2D eigenvalue weighted by Crippen LogP contribution is -2.06. The van der Waals surface area contributed by atoms with Gasteiger partial charge < -0.3 is 4.74 Å². The fourth-order valence-electron chi connectivity index (χ4n) is 0.903. The Kier molecular flexibility index (Phi) is 4.12. The fraction of sp³-hybridized carbons (Fsp3) is 0.250. The summed E-state index contributed by atoms with van der Waals surface area (Å²) < 4.78 is 88.6. The van der Waals surface area contributed by atoms with Gasteiger partial charge in [-0.2, -0.15) is 22.0 Å². The van der Waals surface area contributed by atoms with Crippen molar-refractivity contribution >= 4 is 11.8 Å². The highest BCUT2D eigenvalue weighted by atomic mass is 32.2. The van der Waals surface area contributed by atoms with Crippen LogP contribution in [0.5, 0.6) is 5.75 Å². The SMILES string of the molecule is Fc1cc(OC(F)F)c(SC(F)(F)F)cc1F. The Balaban J connectivity index is 3.11. The van der Waals surface area contributed by atoms with Gasteiger partial charge in [-0.3, -0.25) is 0 Å². The van der Waals surface area contributed by atoms with Gasteiger partial charge in [0.15, 0.2) is 11.6 Å². The molecule has 17 heavy (non-hydrogen) atoms. The summed E-state index contributed by atoms with van der Waals surface area (Å²) in [6.07, 6.45) is 0. The maximum absolute atomic E-state index is 12.7. The molecule has 0 aliphatic heterocycles. The molecule has 0 unspecified atom stereocenters. The molecule has 0 heterocycles. The van der Waals surface area contributed by atoms with Gasteiger partial charge in [0.05, 0.1) is 4.90 Å². The average Bonchev–Trinajstić information content (AvgIpc) is 2.10. The minimum atomic E-state index is -4.83. The van der Waals surface area contributed by atoms with E-state index in [2.05, 4.69) is 4.74 Å². The van der Waals surface area contributed by atoms with Crippen LogP contribution in [-0.4, -0.2) is 12.1 Å². The van der Waals surface area contributed by atoms with Crippen LogP contribution in [0.1, 0.15) is 0 Å². The summed E-state index contributed by atoms with van der Waals surface area (Å²) in [5.74, 6) is -4.23. The second kappa shape index (κ2) is 5.03. The normalized spacial score (nSPS) is 12.0. The monoisotopic (exact) mass is 280 g/mol. The van der Waals surface area contributed by atoms with Crippen LogP contribution in [0.25, 0.3) is 0 Å². The van der Waals surface area contributed by atoms with Gasteiger partial charge in [-0.1, -0.05) is 0 Å². The van der Waals surface area contributed by atoms with Crippen LogP contribution in [0, 0.1) is 11.6 Å². The van der Waals surface area contributed by atoms with E-state index in [1.807, 2.05) is 0 Å². The van der Waals surface area contributed by atoms with Crippen molar-refractivity contribution < 1.29 is 35.5 Å². The van der Waals surface area contributed by atoms with Crippen LogP contribution in [0.2, 0.25) is 0 Å². The Bertz CT molecular complexity index is 404. The summed E-state index contributed by atoms with van der Waals surface area (Å²) in [7, 11) is 0. The van der Waals surface area contributed by atoms with E-state index in [4.69, 9.17) is 0 Å². The number of ether oxygens (including phenoxy) is 1. The van der Waals surface area contributed by atoms with Crippen molar-refractivity contribution in [2.24, 2.45) is 0 Å². The van der Waals surface area contributed by atoms with Gasteiger partial charge in [0.2, 0.25) is 0 Å². The van der Waals surface area contributed by atoms with E-state index in [-0.39, 0.29) is 12.1 Å². The molecule has 0 aliphatic rings. The molecular weight excluding hydrogens is 277 g/mol. The molecule has 1 rings (SSSR count). The first kappa shape index (κ1) is 13.9. The molecule has 0 atom stereocenters. The summed E-state index contributed by atoms with van der Waals surface area (Å²) in [5, 5.41) is 0. The van der Waals surface area contributed by atoms with Crippen molar-refractivity contribution in [2.75, 3.05) is 0 Å². The highest BCUT2D eigenvalue weighted by Crippen LogP contribution is 2.42. The number of rotatable bonds is 3. The molecule has 1 aromatic carbocycles. The first-order valence-corrected chi connectivity index (χ1v) is 4.70. The van der Waals surface area contributed by atoms with Gasteiger partial charge in [0.1, 0.15) is 5.75 Å². The van der Waals surface area contributed by atoms with Crippen molar-refractivity contribution in [3.8, 4) is 5.75 Å². The average molecular weight is 280 g/mol. The zero-order valence-corrected chi connectivity index (χ0v) is 8.51. The zero-order valence-electron chi connectivity index (χ0n) is 7.69. The Hall–Kier alpha value is -1.12. The molecule has 1 aromatic rings. The standard InChI is InChI=1S/C8H3F7OS/c9-3-1-5(16-7(11)12)6(2-4(3)10)17-8(13,14)15/h1-2,7H. The molecule has 96 valence electrons. The van der Waals surface area contributed by atoms with E-state index in [9.17, 15) is 30.7 Å². The van der Waals surface area contributed by atoms with Crippen molar-refractivity contribution in [3.05, 3.63) is 23.8 Å². The predicted molar refractivity (Wildman–Crippen MR) is 44.9 cm³/mol. The number of thioether (sulfide) groups is 1. The molecule has 0 fully saturated rings. The van der Waals surface area contributed by atoms with Crippen molar-refractivity contribution in [3.63, 3.8) is 0 Å². The molecule has 0 N–H and O–H groups in total. The van der Waals surface area contributed by atoms with E-state index in [0.717, 1.165) is 0 Å². The van der Waals surface area contributed by atoms with Crippen LogP contribution >= 0.6 is 11.8 Å². The van der Waals surface area contributed by atoms with Crippen LogP contribution < -0.4 is 4.74 Å². The molecule has 0 radical (unpaired) electrons. The molecule has 0 aromatic heterocycles. The van der Waals surface area contributed by atoms with Crippen LogP contribution in [-0.2, 0) is 0 Å². The Morgan fingerprint density at radius 3 is 2.06 bits per heavy atom. The summed E-state index contributed by atoms with van der Waals surface area (Å²) in [6, 6.07) is 0.279. The molecule has 0 saturated carbocycles. The van der Waals surface area contributed by atoms with E-state index in [1.54, 1.807) is 0 Å². The second-order valence-corrected chi connectivity index (χ2v) is 3.75. The molecule has 0 amide bonds. The lowest BCUT2D eigenvalue weighted by Gasteiger charge is -2.12. The summed E-state index contributed by atoms with van der Waals surface area (Å²) in [6.45, 7) is -3.44. The Morgan fingerprint density at radius 2 is 1.59 bits per heavy atom. The first-order chi connectivity index (χ1) is 7.69. The minimum absolute atomic E-state index is 0.134. The third kappa shape index (κ3) is 4.33. The maximum Gasteiger partial charge on any atom is 0.446 e. The molecule has 0 spiro atoms. The zero-order chi connectivity index (χ0) is 13.2. The maximum atomic E-state index is 12.7. The van der Waals surface area contributed by atoms with Gasteiger partial charge in [-0.05, 0) is 17.8 Å². The second-order valence-electron chi connectivity index (χ2n) is 2.64. The van der Waals surface area contributed by atoms with E-state index < -0.39 is 46.2 Å². The Labute approximate surface area is 94.6 Å². The van der Waals surface area contributed by atoms with E-state index >= 15 is 0 Å². The predicted octanol–water partition coefficient (Wildman–Crippen LogP) is 4.18.